The van der Waals surface area contributed by atoms with E-state index >= 15 is 0 Å². The minimum Gasteiger partial charge on any atom is -0.357 e. The Morgan fingerprint density at radius 1 is 1.21 bits per heavy atom. The van der Waals surface area contributed by atoms with Gasteiger partial charge in [0.2, 0.25) is 0 Å². The maximum absolute atomic E-state index is 11.7. The summed E-state index contributed by atoms with van der Waals surface area (Å²) in [6.07, 6.45) is 2.14. The highest BCUT2D eigenvalue weighted by molar-refractivity contribution is 14.0. The second-order valence-corrected chi connectivity index (χ2v) is 9.76. The monoisotopic (exact) mass is 536 g/mol. The number of aryl methyl sites for hydroxylation is 3. The number of benzene rings is 1. The van der Waals surface area contributed by atoms with Crippen LogP contribution in [0.1, 0.15) is 33.6 Å². The maximum Gasteiger partial charge on any atom is 0.191 e. The average Bonchev–Trinajstić information content (AvgIpc) is 2.89. The van der Waals surface area contributed by atoms with Gasteiger partial charge in [0.15, 0.2) is 15.8 Å². The van der Waals surface area contributed by atoms with Crippen molar-refractivity contribution in [1.29, 1.82) is 0 Å². The molecule has 0 aliphatic carbocycles. The van der Waals surface area contributed by atoms with Crippen LogP contribution in [-0.4, -0.2) is 38.7 Å². The molecule has 0 saturated carbocycles. The number of nitrogens with one attached hydrogen (secondary N) is 2. The Hall–Kier alpha value is -1.20. The van der Waals surface area contributed by atoms with Gasteiger partial charge in [-0.15, -0.1) is 35.3 Å². The summed E-state index contributed by atoms with van der Waals surface area (Å²) in [5.41, 5.74) is 2.83. The van der Waals surface area contributed by atoms with Crippen molar-refractivity contribution in [1.82, 2.24) is 15.6 Å². The summed E-state index contributed by atoms with van der Waals surface area (Å²) >= 11 is 1.73. The fourth-order valence-corrected chi connectivity index (χ4v) is 4.73. The lowest BCUT2D eigenvalue weighted by Gasteiger charge is -2.11. The van der Waals surface area contributed by atoms with Crippen molar-refractivity contribution in [3.63, 3.8) is 0 Å². The van der Waals surface area contributed by atoms with Gasteiger partial charge in [0.1, 0.15) is 0 Å². The minimum atomic E-state index is -3.20. The van der Waals surface area contributed by atoms with Gasteiger partial charge in [-0.05, 0) is 44.9 Å². The van der Waals surface area contributed by atoms with E-state index in [1.165, 1.54) is 11.1 Å². The van der Waals surface area contributed by atoms with Gasteiger partial charge < -0.3 is 10.6 Å². The third-order valence-electron chi connectivity index (χ3n) is 4.05. The molecule has 0 unspecified atom stereocenters. The summed E-state index contributed by atoms with van der Waals surface area (Å²) in [5.74, 6) is 0.751. The van der Waals surface area contributed by atoms with Gasteiger partial charge in [-0.1, -0.05) is 12.1 Å². The molecule has 2 aromatic rings. The first kappa shape index (κ1) is 24.8. The Morgan fingerprint density at radius 3 is 2.46 bits per heavy atom. The van der Waals surface area contributed by atoms with Crippen LogP contribution in [0.3, 0.4) is 0 Å². The molecule has 2 N–H and O–H groups in total. The van der Waals surface area contributed by atoms with Crippen LogP contribution in [0.25, 0.3) is 0 Å². The lowest BCUT2D eigenvalue weighted by atomic mass is 10.1. The molecule has 0 aliphatic heterocycles. The number of rotatable bonds is 7. The molecular formula is C19H29IN4O2S2. The smallest absolute Gasteiger partial charge is 0.191 e. The van der Waals surface area contributed by atoms with Crippen molar-refractivity contribution in [2.24, 2.45) is 4.99 Å². The number of aliphatic imine (C=N–C) groups is 1. The van der Waals surface area contributed by atoms with E-state index in [9.17, 15) is 8.42 Å². The zero-order chi connectivity index (χ0) is 20.0. The Morgan fingerprint density at radius 2 is 1.93 bits per heavy atom. The third-order valence-corrected chi connectivity index (χ3v) is 6.44. The molecule has 0 spiro atoms. The van der Waals surface area contributed by atoms with Crippen molar-refractivity contribution in [2.45, 2.75) is 45.6 Å². The number of sulfone groups is 1. The number of nitrogens with zero attached hydrogens (tertiary/aromatic N) is 2. The van der Waals surface area contributed by atoms with Gasteiger partial charge in [0.25, 0.3) is 0 Å². The molecule has 9 heteroatoms. The molecule has 0 aliphatic rings. The Bertz CT molecular complexity index is 924. The van der Waals surface area contributed by atoms with Crippen molar-refractivity contribution in [3.8, 4) is 0 Å². The molecule has 156 valence electrons. The van der Waals surface area contributed by atoms with Gasteiger partial charge in [0, 0.05) is 30.6 Å². The van der Waals surface area contributed by atoms with Crippen molar-refractivity contribution in [2.75, 3.05) is 19.3 Å². The van der Waals surface area contributed by atoms with Crippen molar-refractivity contribution < 1.29 is 8.42 Å². The highest BCUT2D eigenvalue weighted by Crippen LogP contribution is 2.18. The van der Waals surface area contributed by atoms with Gasteiger partial charge in [-0.25, -0.2) is 18.4 Å². The van der Waals surface area contributed by atoms with E-state index in [1.807, 2.05) is 39.8 Å². The van der Waals surface area contributed by atoms with Crippen LogP contribution in [0.4, 0.5) is 0 Å². The number of hydrogen-bond donors (Lipinski definition) is 2. The predicted molar refractivity (Wildman–Crippen MR) is 128 cm³/mol. The highest BCUT2D eigenvalue weighted by atomic mass is 127. The fraction of sp³-hybridized carbons (Fsp3) is 0.474. The molecule has 0 saturated heterocycles. The van der Waals surface area contributed by atoms with E-state index in [0.29, 0.717) is 11.4 Å². The van der Waals surface area contributed by atoms with Gasteiger partial charge in [-0.2, -0.15) is 0 Å². The largest absolute Gasteiger partial charge is 0.357 e. The first-order chi connectivity index (χ1) is 12.7. The first-order valence-electron chi connectivity index (χ1n) is 8.95. The van der Waals surface area contributed by atoms with Crippen LogP contribution >= 0.6 is 35.3 Å². The first-order valence-corrected chi connectivity index (χ1v) is 11.7. The second kappa shape index (κ2) is 11.1. The quantitative estimate of drug-likeness (QED) is 0.322. The SMILES string of the molecule is CCNC(=NCc1ccc(S(C)(=O)=O)c(C)c1)NCCc1sc(C)nc1C.I. The van der Waals surface area contributed by atoms with Crippen LogP contribution in [0, 0.1) is 20.8 Å². The number of thiazole rings is 1. The summed E-state index contributed by atoms with van der Waals surface area (Å²) < 4.78 is 23.5. The molecule has 2 rings (SSSR count). The summed E-state index contributed by atoms with van der Waals surface area (Å²) in [6, 6.07) is 5.36. The molecule has 1 heterocycles. The molecule has 1 aromatic heterocycles. The van der Waals surface area contributed by atoms with Crippen LogP contribution in [-0.2, 0) is 22.8 Å². The molecule has 0 amide bonds. The molecule has 6 nitrogen and oxygen atoms in total. The van der Waals surface area contributed by atoms with Crippen LogP contribution < -0.4 is 10.6 Å². The summed E-state index contributed by atoms with van der Waals surface area (Å²) in [4.78, 5) is 10.7. The van der Waals surface area contributed by atoms with Crippen LogP contribution in [0.5, 0.6) is 0 Å². The standard InChI is InChI=1S/C19H28N4O2S2.HI/c1-6-20-19(21-10-9-17-14(3)23-15(4)26-17)22-12-16-7-8-18(13(2)11-16)27(5,24)25;/h7-8,11H,6,9-10,12H2,1-5H3,(H2,20,21,22);1H. The van der Waals surface area contributed by atoms with Crippen LogP contribution in [0.15, 0.2) is 28.1 Å². The van der Waals surface area contributed by atoms with E-state index in [0.717, 1.165) is 47.3 Å². The topological polar surface area (TPSA) is 83.5 Å². The molecular weight excluding hydrogens is 507 g/mol. The number of hydrogen-bond acceptors (Lipinski definition) is 5. The summed E-state index contributed by atoms with van der Waals surface area (Å²) in [6.45, 7) is 9.94. The normalized spacial score (nSPS) is 11.8. The van der Waals surface area contributed by atoms with E-state index < -0.39 is 9.84 Å². The molecule has 0 fully saturated rings. The Kier molecular flexibility index (Phi) is 9.85. The number of halogens is 1. The zero-order valence-electron chi connectivity index (χ0n) is 17.0. The van der Waals surface area contributed by atoms with E-state index in [-0.39, 0.29) is 24.0 Å². The maximum atomic E-state index is 11.7. The Balaban J connectivity index is 0.00000392. The average molecular weight is 537 g/mol. The molecule has 1 aromatic carbocycles. The fourth-order valence-electron chi connectivity index (χ4n) is 2.84. The second-order valence-electron chi connectivity index (χ2n) is 6.49. The molecule has 0 radical (unpaired) electrons. The molecule has 28 heavy (non-hydrogen) atoms. The van der Waals surface area contributed by atoms with Gasteiger partial charge in [-0.3, -0.25) is 0 Å². The van der Waals surface area contributed by atoms with Crippen molar-refractivity contribution >= 4 is 51.1 Å². The van der Waals surface area contributed by atoms with E-state index in [2.05, 4.69) is 20.6 Å². The lowest BCUT2D eigenvalue weighted by molar-refractivity contribution is 0.601. The third kappa shape index (κ3) is 7.32. The van der Waals surface area contributed by atoms with Crippen molar-refractivity contribution in [3.05, 3.63) is 44.9 Å². The van der Waals surface area contributed by atoms with Crippen LogP contribution in [0.2, 0.25) is 0 Å². The number of aromatic nitrogens is 1. The van der Waals surface area contributed by atoms with E-state index in [1.54, 1.807) is 17.4 Å². The molecule has 0 bridgehead atoms. The Labute approximate surface area is 189 Å². The summed E-state index contributed by atoms with van der Waals surface area (Å²) in [7, 11) is -3.20. The highest BCUT2D eigenvalue weighted by Gasteiger charge is 2.11. The minimum absolute atomic E-state index is 0. The summed E-state index contributed by atoms with van der Waals surface area (Å²) in [5, 5.41) is 7.68. The molecule has 0 atom stereocenters. The zero-order valence-corrected chi connectivity index (χ0v) is 21.0. The lowest BCUT2D eigenvalue weighted by Crippen LogP contribution is -2.38. The van der Waals surface area contributed by atoms with Gasteiger partial charge in [0.05, 0.1) is 22.1 Å². The predicted octanol–water partition coefficient (Wildman–Crippen LogP) is 3.39. The van der Waals surface area contributed by atoms with Gasteiger partial charge >= 0.3 is 0 Å². The number of guanidine groups is 1. The van der Waals surface area contributed by atoms with E-state index in [4.69, 9.17) is 0 Å².